The van der Waals surface area contributed by atoms with Crippen LogP contribution in [0.1, 0.15) is 32.1 Å². The fourth-order valence-electron chi connectivity index (χ4n) is 1.83. The second-order valence-electron chi connectivity index (χ2n) is 3.58. The van der Waals surface area contributed by atoms with Crippen LogP contribution in [0.25, 0.3) is 0 Å². The largest absolute Gasteiger partial charge is 0.283 e. The average Bonchev–Trinajstić information content (AvgIpc) is 2.27. The Bertz CT molecular complexity index is 231. The highest BCUT2D eigenvalue weighted by Gasteiger charge is 2.48. The van der Waals surface area contributed by atoms with Crippen molar-refractivity contribution in [1.82, 2.24) is 10.5 Å². The van der Waals surface area contributed by atoms with Gasteiger partial charge < -0.3 is 0 Å². The van der Waals surface area contributed by atoms with Crippen molar-refractivity contribution in [1.29, 1.82) is 0 Å². The van der Waals surface area contributed by atoms with Crippen molar-refractivity contribution in [2.45, 2.75) is 37.8 Å². The minimum Gasteiger partial charge on any atom is -0.269 e. The van der Waals surface area contributed by atoms with Gasteiger partial charge in [0.15, 0.2) is 12.3 Å². The van der Waals surface area contributed by atoms with E-state index in [9.17, 15) is 22.6 Å². The summed E-state index contributed by atoms with van der Waals surface area (Å²) in [6.07, 6.45) is 1.15. The van der Waals surface area contributed by atoms with Crippen LogP contribution in [0, 0.1) is 0 Å². The van der Waals surface area contributed by atoms with Gasteiger partial charge in [-0.1, -0.05) is 19.9 Å². The number of hydrogen-bond donors (Lipinski definition) is 0. The van der Waals surface area contributed by atoms with Crippen molar-refractivity contribution in [3.05, 3.63) is 0 Å². The lowest BCUT2D eigenvalue weighted by atomic mass is 9.89. The molecule has 0 bridgehead atoms. The maximum absolute atomic E-state index is 13.3. The second-order valence-corrected chi connectivity index (χ2v) is 3.58. The SMILES string of the molecule is O=C(CF)N(F)C1(N(F)F)CCCCC1. The zero-order valence-corrected chi connectivity index (χ0v) is 8.06. The Balaban J connectivity index is 2.84. The van der Waals surface area contributed by atoms with E-state index in [1.807, 2.05) is 0 Å². The maximum Gasteiger partial charge on any atom is 0.283 e. The molecule has 1 fully saturated rings. The van der Waals surface area contributed by atoms with E-state index in [0.29, 0.717) is 19.3 Å². The van der Waals surface area contributed by atoms with Gasteiger partial charge in [-0.25, -0.2) is 4.39 Å². The lowest BCUT2D eigenvalue weighted by Gasteiger charge is -2.39. The molecule has 0 radical (unpaired) electrons. The number of carbonyl (C=O) groups is 1. The summed E-state index contributed by atoms with van der Waals surface area (Å²) >= 11 is 0. The quantitative estimate of drug-likeness (QED) is 0.420. The summed E-state index contributed by atoms with van der Waals surface area (Å²) in [6.45, 7) is -1.61. The van der Waals surface area contributed by atoms with Gasteiger partial charge in [0.1, 0.15) is 0 Å². The summed E-state index contributed by atoms with van der Waals surface area (Å²) in [5, 5.41) is -1.98. The number of hydrogen-bond acceptors (Lipinski definition) is 2. The van der Waals surface area contributed by atoms with Gasteiger partial charge in [0.05, 0.1) is 0 Å². The van der Waals surface area contributed by atoms with E-state index in [1.54, 1.807) is 0 Å². The molecule has 0 N–H and O–H groups in total. The number of rotatable bonds is 3. The summed E-state index contributed by atoms with van der Waals surface area (Å²) in [4.78, 5) is 10.7. The van der Waals surface area contributed by atoms with Crippen LogP contribution in [-0.4, -0.2) is 28.7 Å². The lowest BCUT2D eigenvalue weighted by molar-refractivity contribution is -0.316. The van der Waals surface area contributed by atoms with E-state index in [2.05, 4.69) is 0 Å². The van der Waals surface area contributed by atoms with Crippen LogP contribution in [0.3, 0.4) is 0 Å². The molecule has 3 nitrogen and oxygen atoms in total. The third-order valence-corrected chi connectivity index (χ3v) is 2.67. The first-order chi connectivity index (χ1) is 7.04. The molecule has 1 rings (SSSR count). The molecule has 0 atom stereocenters. The molecule has 0 saturated heterocycles. The van der Waals surface area contributed by atoms with E-state index in [1.165, 1.54) is 0 Å². The van der Waals surface area contributed by atoms with Crippen molar-refractivity contribution < 1.29 is 22.6 Å². The molecule has 1 aliphatic rings. The van der Waals surface area contributed by atoms with Gasteiger partial charge in [0, 0.05) is 5.34 Å². The van der Waals surface area contributed by atoms with E-state index in [4.69, 9.17) is 0 Å². The Morgan fingerprint density at radius 3 is 2.07 bits per heavy atom. The molecule has 1 saturated carbocycles. The Hall–Kier alpha value is -0.850. The number of carbonyl (C=O) groups excluding carboxylic acids is 1. The smallest absolute Gasteiger partial charge is 0.269 e. The highest BCUT2D eigenvalue weighted by Crippen LogP contribution is 2.37. The van der Waals surface area contributed by atoms with Crippen molar-refractivity contribution in [2.24, 2.45) is 0 Å². The van der Waals surface area contributed by atoms with Gasteiger partial charge in [-0.2, -0.15) is 0 Å². The Morgan fingerprint density at radius 2 is 1.67 bits per heavy atom. The second kappa shape index (κ2) is 4.78. The summed E-state index contributed by atoms with van der Waals surface area (Å²) in [5.41, 5.74) is -2.26. The minimum atomic E-state index is -2.26. The highest BCUT2D eigenvalue weighted by molar-refractivity contribution is 5.76. The van der Waals surface area contributed by atoms with Crippen LogP contribution in [0.2, 0.25) is 0 Å². The van der Waals surface area contributed by atoms with Gasteiger partial charge in [-0.05, 0) is 25.7 Å². The summed E-state index contributed by atoms with van der Waals surface area (Å²) in [5.74, 6) is -1.56. The zero-order valence-electron chi connectivity index (χ0n) is 8.06. The average molecular weight is 228 g/mol. The van der Waals surface area contributed by atoms with Gasteiger partial charge in [-0.15, -0.1) is 5.12 Å². The van der Waals surface area contributed by atoms with Crippen LogP contribution >= 0.6 is 0 Å². The fourth-order valence-corrected chi connectivity index (χ4v) is 1.83. The van der Waals surface area contributed by atoms with Gasteiger partial charge in [-0.3, -0.25) is 4.79 Å². The van der Waals surface area contributed by atoms with Crippen LogP contribution in [0.15, 0.2) is 0 Å². The summed E-state index contributed by atoms with van der Waals surface area (Å²) in [6, 6.07) is 0. The molecule has 0 aromatic carbocycles. The standard InChI is InChI=1S/C8H12F4N2O/c9-6-7(15)13(10)8(14(11)12)4-2-1-3-5-8/h1-6H2. The number of alkyl halides is 1. The Morgan fingerprint density at radius 1 is 1.13 bits per heavy atom. The van der Waals surface area contributed by atoms with Crippen molar-refractivity contribution >= 4 is 5.91 Å². The molecule has 88 valence electrons. The topological polar surface area (TPSA) is 23.6 Å². The van der Waals surface area contributed by atoms with E-state index < -0.39 is 28.7 Å². The van der Waals surface area contributed by atoms with E-state index in [0.717, 1.165) is 0 Å². The van der Waals surface area contributed by atoms with Crippen molar-refractivity contribution in [3.63, 3.8) is 0 Å². The Kier molecular flexibility index (Phi) is 3.90. The first-order valence-corrected chi connectivity index (χ1v) is 4.71. The maximum atomic E-state index is 13.3. The molecule has 7 heteroatoms. The first kappa shape index (κ1) is 12.2. The van der Waals surface area contributed by atoms with Crippen LogP contribution in [0.5, 0.6) is 0 Å². The molecular formula is C8H12F4N2O. The fraction of sp³-hybridized carbons (Fsp3) is 0.875. The predicted molar refractivity (Wildman–Crippen MR) is 43.8 cm³/mol. The van der Waals surface area contributed by atoms with Gasteiger partial charge in [0.25, 0.3) is 5.91 Å². The minimum absolute atomic E-state index is 0.178. The predicted octanol–water partition coefficient (Wildman–Crippen LogP) is 2.40. The molecule has 0 unspecified atom stereocenters. The number of halogens is 4. The van der Waals surface area contributed by atoms with Crippen LogP contribution in [0.4, 0.5) is 17.8 Å². The van der Waals surface area contributed by atoms with Crippen molar-refractivity contribution in [3.8, 4) is 0 Å². The summed E-state index contributed by atoms with van der Waals surface area (Å²) < 4.78 is 50.4. The van der Waals surface area contributed by atoms with E-state index in [-0.39, 0.29) is 12.8 Å². The number of amides is 1. The zero-order chi connectivity index (χ0) is 11.5. The van der Waals surface area contributed by atoms with Gasteiger partial charge >= 0.3 is 0 Å². The molecule has 0 aromatic heterocycles. The molecule has 0 aliphatic heterocycles. The summed E-state index contributed by atoms with van der Waals surface area (Å²) in [7, 11) is 0. The first-order valence-electron chi connectivity index (χ1n) is 4.71. The Labute approximate surface area is 84.4 Å². The van der Waals surface area contributed by atoms with Crippen molar-refractivity contribution in [2.75, 3.05) is 6.67 Å². The lowest BCUT2D eigenvalue weighted by Crippen LogP contribution is -2.55. The van der Waals surface area contributed by atoms with Crippen LogP contribution < -0.4 is 0 Å². The van der Waals surface area contributed by atoms with Crippen LogP contribution in [-0.2, 0) is 4.79 Å². The third kappa shape index (κ3) is 2.22. The highest BCUT2D eigenvalue weighted by atomic mass is 19.4. The third-order valence-electron chi connectivity index (χ3n) is 2.67. The monoisotopic (exact) mass is 228 g/mol. The molecule has 0 spiro atoms. The molecule has 1 amide bonds. The van der Waals surface area contributed by atoms with Gasteiger partial charge in [0.2, 0.25) is 0 Å². The molecule has 0 heterocycles. The molecular weight excluding hydrogens is 216 g/mol. The molecule has 0 aromatic rings. The molecule has 1 aliphatic carbocycles. The molecule has 15 heavy (non-hydrogen) atoms. The van der Waals surface area contributed by atoms with E-state index >= 15 is 0 Å². The normalized spacial score (nSPS) is 20.3. The number of nitrogens with zero attached hydrogens (tertiary/aromatic N) is 2.